The molecule has 0 aliphatic carbocycles. The Hall–Kier alpha value is -1.59. The van der Waals surface area contributed by atoms with Crippen LogP contribution >= 0.6 is 11.6 Å². The molecule has 1 aromatic carbocycles. The van der Waals surface area contributed by atoms with Crippen LogP contribution in [0.15, 0.2) is 12.1 Å². The van der Waals surface area contributed by atoms with Crippen molar-refractivity contribution in [2.75, 3.05) is 11.9 Å². The third-order valence-corrected chi connectivity index (χ3v) is 2.81. The Bertz CT molecular complexity index is 478. The molecule has 2 N–H and O–H groups in total. The summed E-state index contributed by atoms with van der Waals surface area (Å²) in [5, 5.41) is 11.7. The van der Waals surface area contributed by atoms with E-state index in [1.54, 1.807) is 6.07 Å². The molecular weight excluding hydrogens is 270 g/mol. The number of carbonyl (C=O) groups excluding carboxylic acids is 1. The van der Waals surface area contributed by atoms with Gasteiger partial charge in [0.1, 0.15) is 6.61 Å². The summed E-state index contributed by atoms with van der Waals surface area (Å²) in [4.78, 5) is 22.2. The van der Waals surface area contributed by atoms with Crippen LogP contribution in [0.4, 0.5) is 5.69 Å². The molecule has 0 heterocycles. The van der Waals surface area contributed by atoms with Gasteiger partial charge in [0.25, 0.3) is 0 Å². The highest BCUT2D eigenvalue weighted by molar-refractivity contribution is 6.34. The number of benzene rings is 1. The van der Waals surface area contributed by atoms with E-state index in [-0.39, 0.29) is 6.61 Å². The Balaban J connectivity index is 2.65. The van der Waals surface area contributed by atoms with Crippen molar-refractivity contribution in [3.05, 3.63) is 28.3 Å². The number of carboxylic acid groups (broad SMARTS) is 1. The molecule has 1 amide bonds. The predicted molar refractivity (Wildman–Crippen MR) is 72.6 cm³/mol. The molecule has 0 radical (unpaired) electrons. The molecule has 1 unspecified atom stereocenters. The molecule has 5 nitrogen and oxygen atoms in total. The van der Waals surface area contributed by atoms with E-state index in [4.69, 9.17) is 21.4 Å². The monoisotopic (exact) mass is 285 g/mol. The molecule has 1 rings (SSSR count). The molecule has 0 fully saturated rings. The molecule has 19 heavy (non-hydrogen) atoms. The number of rotatable bonds is 5. The molecule has 6 heteroatoms. The Morgan fingerprint density at radius 1 is 1.42 bits per heavy atom. The fraction of sp³-hybridized carbons (Fsp3) is 0.385. The van der Waals surface area contributed by atoms with Gasteiger partial charge in [0, 0.05) is 0 Å². The minimum absolute atomic E-state index is 0.336. The molecule has 0 aliphatic rings. The third-order valence-electron chi connectivity index (χ3n) is 2.51. The number of amides is 1. The topological polar surface area (TPSA) is 75.6 Å². The summed E-state index contributed by atoms with van der Waals surface area (Å²) in [6, 6.07) is 3.63. The lowest BCUT2D eigenvalue weighted by molar-refractivity contribution is -0.150. The summed E-state index contributed by atoms with van der Waals surface area (Å²) >= 11 is 6.04. The maximum Gasteiger partial charge on any atom is 0.332 e. The van der Waals surface area contributed by atoms with Gasteiger partial charge in [-0.2, -0.15) is 0 Å². The fourth-order valence-electron chi connectivity index (χ4n) is 1.52. The van der Waals surface area contributed by atoms with E-state index in [2.05, 4.69) is 5.32 Å². The first-order valence-electron chi connectivity index (χ1n) is 5.72. The van der Waals surface area contributed by atoms with Gasteiger partial charge >= 0.3 is 5.97 Å². The number of hydrogen-bond donors (Lipinski definition) is 2. The van der Waals surface area contributed by atoms with E-state index in [9.17, 15) is 9.59 Å². The van der Waals surface area contributed by atoms with Gasteiger partial charge in [0.2, 0.25) is 5.91 Å². The van der Waals surface area contributed by atoms with Gasteiger partial charge in [-0.3, -0.25) is 4.79 Å². The van der Waals surface area contributed by atoms with Gasteiger partial charge in [0.15, 0.2) is 6.10 Å². The summed E-state index contributed by atoms with van der Waals surface area (Å²) in [5.41, 5.74) is 2.35. The van der Waals surface area contributed by atoms with E-state index in [0.29, 0.717) is 10.7 Å². The maximum atomic E-state index is 11.6. The van der Waals surface area contributed by atoms with E-state index < -0.39 is 18.0 Å². The Kier molecular flexibility index (Phi) is 5.32. The van der Waals surface area contributed by atoms with Gasteiger partial charge in [0.05, 0.1) is 10.7 Å². The number of carboxylic acids is 1. The molecule has 1 atom stereocenters. The van der Waals surface area contributed by atoms with Crippen LogP contribution in [0, 0.1) is 13.8 Å². The molecule has 1 aromatic rings. The van der Waals surface area contributed by atoms with Crippen molar-refractivity contribution in [1.82, 2.24) is 0 Å². The van der Waals surface area contributed by atoms with E-state index in [1.807, 2.05) is 19.9 Å². The van der Waals surface area contributed by atoms with Crippen LogP contribution in [0.25, 0.3) is 0 Å². The average molecular weight is 286 g/mol. The summed E-state index contributed by atoms with van der Waals surface area (Å²) < 4.78 is 4.89. The summed E-state index contributed by atoms with van der Waals surface area (Å²) in [5.74, 6) is -1.56. The second kappa shape index (κ2) is 6.54. The smallest absolute Gasteiger partial charge is 0.332 e. The van der Waals surface area contributed by atoms with Crippen molar-refractivity contribution in [3.8, 4) is 0 Å². The fourth-order valence-corrected chi connectivity index (χ4v) is 1.89. The number of ether oxygens (including phenoxy) is 1. The Labute approximate surface area is 116 Å². The van der Waals surface area contributed by atoms with E-state index >= 15 is 0 Å². The molecule has 0 saturated heterocycles. The summed E-state index contributed by atoms with van der Waals surface area (Å²) in [7, 11) is 0. The molecular formula is C13H16ClNO4. The van der Waals surface area contributed by atoms with Crippen LogP contribution in [0.3, 0.4) is 0 Å². The highest BCUT2D eigenvalue weighted by Gasteiger charge is 2.14. The Morgan fingerprint density at radius 3 is 2.58 bits per heavy atom. The quantitative estimate of drug-likeness (QED) is 0.871. The number of nitrogens with one attached hydrogen (secondary N) is 1. The Morgan fingerprint density at radius 2 is 2.05 bits per heavy atom. The predicted octanol–water partition coefficient (Wildman–Crippen LogP) is 2.39. The van der Waals surface area contributed by atoms with E-state index in [0.717, 1.165) is 11.1 Å². The van der Waals surface area contributed by atoms with Gasteiger partial charge in [-0.05, 0) is 38.0 Å². The van der Waals surface area contributed by atoms with Crippen molar-refractivity contribution in [1.29, 1.82) is 0 Å². The van der Waals surface area contributed by atoms with Crippen LogP contribution in [0.2, 0.25) is 5.02 Å². The lowest BCUT2D eigenvalue weighted by Gasteiger charge is -2.12. The number of halogens is 1. The number of aryl methyl sites for hydroxylation is 2. The molecule has 104 valence electrons. The summed E-state index contributed by atoms with van der Waals surface area (Å²) in [6.07, 6.45) is -1.03. The molecule has 0 bridgehead atoms. The average Bonchev–Trinajstić information content (AvgIpc) is 2.30. The zero-order chi connectivity index (χ0) is 14.6. The van der Waals surface area contributed by atoms with Gasteiger partial charge in [-0.15, -0.1) is 0 Å². The normalized spacial score (nSPS) is 12.0. The van der Waals surface area contributed by atoms with Gasteiger partial charge in [-0.25, -0.2) is 4.79 Å². The highest BCUT2D eigenvalue weighted by Crippen LogP contribution is 2.27. The number of aliphatic carboxylic acids is 1. The lowest BCUT2D eigenvalue weighted by Crippen LogP contribution is -2.26. The summed E-state index contributed by atoms with van der Waals surface area (Å²) in [6.45, 7) is 4.76. The van der Waals surface area contributed by atoms with Gasteiger partial charge in [-0.1, -0.05) is 17.7 Å². The minimum Gasteiger partial charge on any atom is -0.479 e. The van der Waals surface area contributed by atoms with E-state index in [1.165, 1.54) is 6.92 Å². The zero-order valence-electron chi connectivity index (χ0n) is 11.0. The molecule has 0 aliphatic heterocycles. The first-order valence-corrected chi connectivity index (χ1v) is 6.10. The van der Waals surface area contributed by atoms with Crippen LogP contribution in [0.1, 0.15) is 18.1 Å². The number of hydrogen-bond acceptors (Lipinski definition) is 3. The van der Waals surface area contributed by atoms with Crippen molar-refractivity contribution in [2.24, 2.45) is 0 Å². The van der Waals surface area contributed by atoms with Crippen LogP contribution < -0.4 is 5.32 Å². The largest absolute Gasteiger partial charge is 0.479 e. The number of anilines is 1. The lowest BCUT2D eigenvalue weighted by atomic mass is 10.1. The van der Waals surface area contributed by atoms with Crippen LogP contribution in [0.5, 0.6) is 0 Å². The third kappa shape index (κ3) is 4.54. The van der Waals surface area contributed by atoms with Crippen molar-refractivity contribution in [2.45, 2.75) is 26.9 Å². The SMILES string of the molecule is Cc1cc(C)c(NC(=O)COC(C)C(=O)O)c(Cl)c1. The van der Waals surface area contributed by atoms with Gasteiger partial charge < -0.3 is 15.2 Å². The minimum atomic E-state index is -1.11. The van der Waals surface area contributed by atoms with Crippen LogP contribution in [-0.2, 0) is 14.3 Å². The van der Waals surface area contributed by atoms with Crippen molar-refractivity contribution >= 4 is 29.2 Å². The highest BCUT2D eigenvalue weighted by atomic mass is 35.5. The van der Waals surface area contributed by atoms with Crippen LogP contribution in [-0.4, -0.2) is 29.7 Å². The van der Waals surface area contributed by atoms with Crippen molar-refractivity contribution in [3.63, 3.8) is 0 Å². The molecule has 0 aromatic heterocycles. The zero-order valence-corrected chi connectivity index (χ0v) is 11.7. The number of carbonyl (C=O) groups is 2. The second-order valence-electron chi connectivity index (χ2n) is 4.28. The first-order chi connectivity index (χ1) is 8.81. The molecule has 0 spiro atoms. The second-order valence-corrected chi connectivity index (χ2v) is 4.69. The first kappa shape index (κ1) is 15.5. The molecule has 0 saturated carbocycles. The standard InChI is InChI=1S/C13H16ClNO4/c1-7-4-8(2)12(10(14)5-7)15-11(16)6-19-9(3)13(17)18/h4-5,9H,6H2,1-3H3,(H,15,16)(H,17,18). The maximum absolute atomic E-state index is 11.6. The van der Waals surface area contributed by atoms with Crippen molar-refractivity contribution < 1.29 is 19.4 Å².